The van der Waals surface area contributed by atoms with E-state index in [0.717, 1.165) is 24.6 Å². The first-order valence-electron chi connectivity index (χ1n) is 9.09. The number of nitrogens with zero attached hydrogens (tertiary/aromatic N) is 1. The van der Waals surface area contributed by atoms with E-state index in [-0.39, 0.29) is 0 Å². The Morgan fingerprint density at radius 1 is 0.958 bits per heavy atom. The average Bonchev–Trinajstić information content (AvgIpc) is 2.63. The fourth-order valence-corrected chi connectivity index (χ4v) is 3.46. The van der Waals surface area contributed by atoms with E-state index in [1.165, 1.54) is 44.5 Å². The van der Waals surface area contributed by atoms with Gasteiger partial charge < -0.3 is 15.3 Å². The highest BCUT2D eigenvalue weighted by atomic mass is 16.3. The van der Waals surface area contributed by atoms with Gasteiger partial charge in [0.25, 0.3) is 0 Å². The lowest BCUT2D eigenvalue weighted by Gasteiger charge is -2.32. The van der Waals surface area contributed by atoms with Gasteiger partial charge in [-0.1, -0.05) is 42.5 Å². The molecule has 2 N–H and O–H groups in total. The SMILES string of the molecule is Oc1ccccc1NCCC1CCN(CCc2ccccc2)CC1. The second kappa shape index (κ2) is 8.74. The summed E-state index contributed by atoms with van der Waals surface area (Å²) >= 11 is 0. The third kappa shape index (κ3) is 5.00. The number of benzene rings is 2. The number of hydrogen-bond acceptors (Lipinski definition) is 3. The van der Waals surface area contributed by atoms with Gasteiger partial charge in [0, 0.05) is 13.1 Å². The number of para-hydroxylation sites is 2. The number of nitrogens with one attached hydrogen (secondary N) is 1. The lowest BCUT2D eigenvalue weighted by molar-refractivity contribution is 0.183. The first-order chi connectivity index (χ1) is 11.8. The standard InChI is InChI=1S/C21H28N2O/c24-21-9-5-4-8-20(21)22-14-10-19-12-16-23(17-13-19)15-11-18-6-2-1-3-7-18/h1-9,19,22,24H,10-17H2. The van der Waals surface area contributed by atoms with Gasteiger partial charge in [0.1, 0.15) is 5.75 Å². The Labute approximate surface area is 145 Å². The molecule has 2 aromatic carbocycles. The van der Waals surface area contributed by atoms with Gasteiger partial charge in [-0.25, -0.2) is 0 Å². The molecule has 0 saturated carbocycles. The van der Waals surface area contributed by atoms with Crippen LogP contribution >= 0.6 is 0 Å². The van der Waals surface area contributed by atoms with Crippen LogP contribution in [0.2, 0.25) is 0 Å². The molecule has 0 bridgehead atoms. The first kappa shape index (κ1) is 16.8. The molecule has 1 aliphatic heterocycles. The van der Waals surface area contributed by atoms with E-state index >= 15 is 0 Å². The van der Waals surface area contributed by atoms with Gasteiger partial charge >= 0.3 is 0 Å². The molecule has 1 aliphatic rings. The first-order valence-corrected chi connectivity index (χ1v) is 9.09. The van der Waals surface area contributed by atoms with Gasteiger partial charge in [0.2, 0.25) is 0 Å². The summed E-state index contributed by atoms with van der Waals surface area (Å²) in [5.41, 5.74) is 2.28. The number of aromatic hydroxyl groups is 1. The van der Waals surface area contributed by atoms with Crippen LogP contribution in [0.25, 0.3) is 0 Å². The number of piperidine rings is 1. The number of phenols is 1. The molecule has 1 heterocycles. The predicted octanol–water partition coefficient (Wildman–Crippen LogP) is 4.15. The molecule has 1 fully saturated rings. The van der Waals surface area contributed by atoms with Crippen molar-refractivity contribution in [3.05, 3.63) is 60.2 Å². The van der Waals surface area contributed by atoms with Crippen molar-refractivity contribution in [2.24, 2.45) is 5.92 Å². The van der Waals surface area contributed by atoms with E-state index in [9.17, 15) is 5.11 Å². The predicted molar refractivity (Wildman–Crippen MR) is 101 cm³/mol. The van der Waals surface area contributed by atoms with Crippen molar-refractivity contribution >= 4 is 5.69 Å². The maximum Gasteiger partial charge on any atom is 0.138 e. The molecule has 2 aromatic rings. The van der Waals surface area contributed by atoms with Crippen LogP contribution in [0.3, 0.4) is 0 Å². The third-order valence-electron chi connectivity index (χ3n) is 5.04. The Bertz CT molecular complexity index is 606. The Balaban J connectivity index is 1.33. The fourth-order valence-electron chi connectivity index (χ4n) is 3.46. The molecule has 0 spiro atoms. The van der Waals surface area contributed by atoms with Gasteiger partial charge in [0.05, 0.1) is 5.69 Å². The number of hydrogen-bond donors (Lipinski definition) is 2. The van der Waals surface area contributed by atoms with Crippen molar-refractivity contribution in [2.45, 2.75) is 25.7 Å². The third-order valence-corrected chi connectivity index (χ3v) is 5.04. The molecule has 24 heavy (non-hydrogen) atoms. The summed E-state index contributed by atoms with van der Waals surface area (Å²) in [5.74, 6) is 1.14. The number of phenolic OH excluding ortho intramolecular Hbond substituents is 1. The van der Waals surface area contributed by atoms with Crippen molar-refractivity contribution in [2.75, 3.05) is 31.5 Å². The summed E-state index contributed by atoms with van der Waals surface area (Å²) in [4.78, 5) is 2.60. The van der Waals surface area contributed by atoms with Crippen molar-refractivity contribution in [1.29, 1.82) is 0 Å². The number of anilines is 1. The maximum absolute atomic E-state index is 9.77. The highest BCUT2D eigenvalue weighted by Gasteiger charge is 2.18. The summed E-state index contributed by atoms with van der Waals surface area (Å²) in [7, 11) is 0. The zero-order valence-corrected chi connectivity index (χ0v) is 14.3. The second-order valence-corrected chi connectivity index (χ2v) is 6.75. The molecule has 128 valence electrons. The van der Waals surface area contributed by atoms with Gasteiger partial charge in [0.15, 0.2) is 0 Å². The van der Waals surface area contributed by atoms with Gasteiger partial charge in [-0.05, 0) is 62.4 Å². The van der Waals surface area contributed by atoms with E-state index in [0.29, 0.717) is 5.75 Å². The second-order valence-electron chi connectivity index (χ2n) is 6.75. The molecule has 1 saturated heterocycles. The number of likely N-dealkylation sites (tertiary alicyclic amines) is 1. The topological polar surface area (TPSA) is 35.5 Å². The largest absolute Gasteiger partial charge is 0.506 e. The molecule has 0 aliphatic carbocycles. The van der Waals surface area contributed by atoms with Crippen LogP contribution in [0.4, 0.5) is 5.69 Å². The zero-order valence-electron chi connectivity index (χ0n) is 14.3. The molecule has 0 radical (unpaired) electrons. The van der Waals surface area contributed by atoms with E-state index in [1.807, 2.05) is 18.2 Å². The summed E-state index contributed by atoms with van der Waals surface area (Å²) in [6.07, 6.45) is 4.91. The molecule has 0 atom stereocenters. The molecule has 3 nitrogen and oxygen atoms in total. The van der Waals surface area contributed by atoms with Crippen LogP contribution in [0, 0.1) is 5.92 Å². The summed E-state index contributed by atoms with van der Waals surface area (Å²) < 4.78 is 0. The lowest BCUT2D eigenvalue weighted by atomic mass is 9.93. The Hall–Kier alpha value is -2.00. The smallest absolute Gasteiger partial charge is 0.138 e. The summed E-state index contributed by atoms with van der Waals surface area (Å²) in [5, 5.41) is 13.1. The lowest BCUT2D eigenvalue weighted by Crippen LogP contribution is -2.35. The highest BCUT2D eigenvalue weighted by molar-refractivity contribution is 5.55. The van der Waals surface area contributed by atoms with Crippen molar-refractivity contribution in [3.63, 3.8) is 0 Å². The van der Waals surface area contributed by atoms with Crippen LogP contribution in [0.15, 0.2) is 54.6 Å². The van der Waals surface area contributed by atoms with E-state index in [2.05, 4.69) is 40.5 Å². The molecule has 3 heteroatoms. The molecule has 0 amide bonds. The molecular formula is C21H28N2O. The molecular weight excluding hydrogens is 296 g/mol. The number of rotatable bonds is 7. The van der Waals surface area contributed by atoms with Gasteiger partial charge in [-0.15, -0.1) is 0 Å². The molecule has 0 unspecified atom stereocenters. The van der Waals surface area contributed by atoms with E-state index in [1.54, 1.807) is 6.07 Å². The van der Waals surface area contributed by atoms with Gasteiger partial charge in [-0.2, -0.15) is 0 Å². The fraction of sp³-hybridized carbons (Fsp3) is 0.429. The van der Waals surface area contributed by atoms with E-state index < -0.39 is 0 Å². The van der Waals surface area contributed by atoms with Crippen LogP contribution in [0.5, 0.6) is 5.75 Å². The average molecular weight is 324 g/mol. The van der Waals surface area contributed by atoms with Crippen molar-refractivity contribution < 1.29 is 5.11 Å². The molecule has 3 rings (SSSR count). The Kier molecular flexibility index (Phi) is 6.13. The Morgan fingerprint density at radius 2 is 1.67 bits per heavy atom. The van der Waals surface area contributed by atoms with Crippen LogP contribution in [-0.4, -0.2) is 36.2 Å². The van der Waals surface area contributed by atoms with E-state index in [4.69, 9.17) is 0 Å². The van der Waals surface area contributed by atoms with Crippen LogP contribution in [0.1, 0.15) is 24.8 Å². The van der Waals surface area contributed by atoms with Gasteiger partial charge in [-0.3, -0.25) is 0 Å². The minimum atomic E-state index is 0.341. The monoisotopic (exact) mass is 324 g/mol. The maximum atomic E-state index is 9.77. The summed E-state index contributed by atoms with van der Waals surface area (Å²) in [6, 6.07) is 18.2. The normalized spacial score (nSPS) is 16.2. The quantitative estimate of drug-likeness (QED) is 0.751. The highest BCUT2D eigenvalue weighted by Crippen LogP contribution is 2.24. The van der Waals surface area contributed by atoms with Crippen molar-refractivity contribution in [3.8, 4) is 5.75 Å². The van der Waals surface area contributed by atoms with Crippen LogP contribution in [-0.2, 0) is 6.42 Å². The minimum Gasteiger partial charge on any atom is -0.506 e. The van der Waals surface area contributed by atoms with Crippen molar-refractivity contribution in [1.82, 2.24) is 4.90 Å². The van der Waals surface area contributed by atoms with Crippen LogP contribution < -0.4 is 5.32 Å². The minimum absolute atomic E-state index is 0.341. The zero-order chi connectivity index (χ0) is 16.6. The summed E-state index contributed by atoms with van der Waals surface area (Å²) in [6.45, 7) is 4.54. The molecule has 0 aromatic heterocycles. The Morgan fingerprint density at radius 3 is 2.42 bits per heavy atom.